The zero-order valence-electron chi connectivity index (χ0n) is 13.0. The summed E-state index contributed by atoms with van der Waals surface area (Å²) in [5.41, 5.74) is 6.90. The molecule has 0 aliphatic rings. The second kappa shape index (κ2) is 9.45. The molecule has 5 heteroatoms. The van der Waals surface area contributed by atoms with Gasteiger partial charge in [-0.1, -0.05) is 20.3 Å². The van der Waals surface area contributed by atoms with Crippen LogP contribution in [0.4, 0.5) is 15.8 Å². The van der Waals surface area contributed by atoms with Crippen molar-refractivity contribution in [1.82, 2.24) is 0 Å². The van der Waals surface area contributed by atoms with Gasteiger partial charge in [0.2, 0.25) is 0 Å². The predicted molar refractivity (Wildman–Crippen MR) is 85.2 cm³/mol. The quantitative estimate of drug-likeness (QED) is 0.579. The molecule has 1 unspecified atom stereocenters. The van der Waals surface area contributed by atoms with Crippen LogP contribution in [0.3, 0.4) is 0 Å². The Morgan fingerprint density at radius 1 is 1.29 bits per heavy atom. The summed E-state index contributed by atoms with van der Waals surface area (Å²) in [6.07, 6.45) is 3.67. The van der Waals surface area contributed by atoms with Gasteiger partial charge in [-0.15, -0.1) is 0 Å². The van der Waals surface area contributed by atoms with Gasteiger partial charge in [0, 0.05) is 25.3 Å². The van der Waals surface area contributed by atoms with Crippen LogP contribution in [0.5, 0.6) is 5.75 Å². The first-order valence-electron chi connectivity index (χ1n) is 7.68. The molecule has 0 amide bonds. The molecule has 0 aliphatic heterocycles. The van der Waals surface area contributed by atoms with Crippen molar-refractivity contribution in [2.24, 2.45) is 5.92 Å². The third-order valence-corrected chi connectivity index (χ3v) is 3.38. The summed E-state index contributed by atoms with van der Waals surface area (Å²) in [4.78, 5) is 0. The Hall–Kier alpha value is -1.49. The van der Waals surface area contributed by atoms with E-state index in [0.717, 1.165) is 25.7 Å². The van der Waals surface area contributed by atoms with Crippen LogP contribution in [0, 0.1) is 11.7 Å². The van der Waals surface area contributed by atoms with Crippen LogP contribution in [0.2, 0.25) is 0 Å². The maximum atomic E-state index is 13.7. The summed E-state index contributed by atoms with van der Waals surface area (Å²) in [6, 6.07) is 2.90. The number of aliphatic hydroxyl groups excluding tert-OH is 1. The van der Waals surface area contributed by atoms with Crippen molar-refractivity contribution >= 4 is 11.4 Å². The van der Waals surface area contributed by atoms with E-state index in [0.29, 0.717) is 30.4 Å². The van der Waals surface area contributed by atoms with Gasteiger partial charge in [-0.2, -0.15) is 0 Å². The number of nitrogens with two attached hydrogens (primary N) is 1. The third-order valence-electron chi connectivity index (χ3n) is 3.38. The lowest BCUT2D eigenvalue weighted by Gasteiger charge is -2.18. The summed E-state index contributed by atoms with van der Waals surface area (Å²) in [7, 11) is 0. The van der Waals surface area contributed by atoms with Crippen molar-refractivity contribution in [1.29, 1.82) is 0 Å². The molecule has 21 heavy (non-hydrogen) atoms. The SMILES string of the molecule is CCCOc1cc(NCC(CCC)CCO)c(N)cc1F. The number of hydrogen-bond acceptors (Lipinski definition) is 4. The minimum absolute atomic E-state index is 0.177. The van der Waals surface area contributed by atoms with Crippen LogP contribution >= 0.6 is 0 Å². The van der Waals surface area contributed by atoms with Crippen molar-refractivity contribution in [3.63, 3.8) is 0 Å². The van der Waals surface area contributed by atoms with Crippen molar-refractivity contribution in [3.8, 4) is 5.75 Å². The van der Waals surface area contributed by atoms with E-state index in [1.807, 2.05) is 6.92 Å². The van der Waals surface area contributed by atoms with E-state index in [2.05, 4.69) is 12.2 Å². The fourth-order valence-corrected chi connectivity index (χ4v) is 2.24. The molecule has 0 aliphatic carbocycles. The molecule has 0 spiro atoms. The lowest BCUT2D eigenvalue weighted by molar-refractivity contribution is 0.255. The fraction of sp³-hybridized carbons (Fsp3) is 0.625. The van der Waals surface area contributed by atoms with Gasteiger partial charge in [0.1, 0.15) is 0 Å². The molecular formula is C16H27FN2O2. The van der Waals surface area contributed by atoms with Gasteiger partial charge in [-0.3, -0.25) is 0 Å². The average Bonchev–Trinajstić information content (AvgIpc) is 2.45. The molecule has 1 atom stereocenters. The predicted octanol–water partition coefficient (Wildman–Crippen LogP) is 3.41. The zero-order chi connectivity index (χ0) is 15.7. The number of aliphatic hydroxyl groups is 1. The molecule has 0 saturated heterocycles. The topological polar surface area (TPSA) is 67.5 Å². The standard InChI is InChI=1S/C16H27FN2O2/c1-3-5-12(6-7-20)11-19-15-10-16(21-8-4-2)13(17)9-14(15)18/h9-10,12,19-20H,3-8,11,18H2,1-2H3. The first-order valence-corrected chi connectivity index (χ1v) is 7.68. The minimum atomic E-state index is -0.438. The Bertz CT molecular complexity index is 421. The van der Waals surface area contributed by atoms with E-state index in [1.54, 1.807) is 6.07 Å². The number of nitrogen functional groups attached to an aromatic ring is 1. The molecule has 4 nitrogen and oxygen atoms in total. The van der Waals surface area contributed by atoms with E-state index in [-0.39, 0.29) is 12.4 Å². The molecule has 0 radical (unpaired) electrons. The molecule has 4 N–H and O–H groups in total. The van der Waals surface area contributed by atoms with Crippen LogP contribution in [-0.4, -0.2) is 24.9 Å². The normalized spacial score (nSPS) is 12.2. The summed E-state index contributed by atoms with van der Waals surface area (Å²) in [5, 5.41) is 12.3. The number of anilines is 2. The van der Waals surface area contributed by atoms with Gasteiger partial charge in [0.25, 0.3) is 0 Å². The second-order valence-corrected chi connectivity index (χ2v) is 5.27. The molecule has 0 aromatic heterocycles. The number of ether oxygens (including phenoxy) is 1. The van der Waals surface area contributed by atoms with E-state index in [4.69, 9.17) is 15.6 Å². The minimum Gasteiger partial charge on any atom is -0.490 e. The van der Waals surface area contributed by atoms with Crippen molar-refractivity contribution in [3.05, 3.63) is 17.9 Å². The summed E-state index contributed by atoms with van der Waals surface area (Å²) in [6.45, 7) is 5.45. The third kappa shape index (κ3) is 5.79. The van der Waals surface area contributed by atoms with Crippen LogP contribution in [-0.2, 0) is 0 Å². The lowest BCUT2D eigenvalue weighted by Crippen LogP contribution is -2.16. The van der Waals surface area contributed by atoms with E-state index in [9.17, 15) is 4.39 Å². The zero-order valence-corrected chi connectivity index (χ0v) is 13.0. The summed E-state index contributed by atoms with van der Waals surface area (Å²) in [5.74, 6) is 0.166. The molecule has 1 aromatic carbocycles. The Morgan fingerprint density at radius 3 is 2.67 bits per heavy atom. The van der Waals surface area contributed by atoms with Gasteiger partial charge >= 0.3 is 0 Å². The number of halogens is 1. The molecular weight excluding hydrogens is 271 g/mol. The Balaban J connectivity index is 2.72. The van der Waals surface area contributed by atoms with Crippen LogP contribution < -0.4 is 15.8 Å². The van der Waals surface area contributed by atoms with E-state index >= 15 is 0 Å². The van der Waals surface area contributed by atoms with Gasteiger partial charge in [-0.05, 0) is 25.2 Å². The molecule has 0 heterocycles. The van der Waals surface area contributed by atoms with Crippen molar-refractivity contribution in [2.45, 2.75) is 39.5 Å². The molecule has 0 saturated carbocycles. The number of rotatable bonds is 10. The van der Waals surface area contributed by atoms with Crippen LogP contribution in [0.1, 0.15) is 39.5 Å². The molecule has 0 bridgehead atoms. The van der Waals surface area contributed by atoms with Crippen LogP contribution in [0.15, 0.2) is 12.1 Å². The Morgan fingerprint density at radius 2 is 2.05 bits per heavy atom. The van der Waals surface area contributed by atoms with Gasteiger partial charge < -0.3 is 20.9 Å². The fourth-order valence-electron chi connectivity index (χ4n) is 2.24. The van der Waals surface area contributed by atoms with Crippen molar-refractivity contribution in [2.75, 3.05) is 30.8 Å². The van der Waals surface area contributed by atoms with E-state index < -0.39 is 5.82 Å². The largest absolute Gasteiger partial charge is 0.490 e. The maximum Gasteiger partial charge on any atom is 0.167 e. The van der Waals surface area contributed by atoms with Gasteiger partial charge in [0.15, 0.2) is 11.6 Å². The smallest absolute Gasteiger partial charge is 0.167 e. The second-order valence-electron chi connectivity index (χ2n) is 5.27. The molecule has 1 aromatic rings. The maximum absolute atomic E-state index is 13.7. The summed E-state index contributed by atoms with van der Waals surface area (Å²) < 4.78 is 19.1. The number of hydrogen-bond donors (Lipinski definition) is 3. The van der Waals surface area contributed by atoms with Crippen molar-refractivity contribution < 1.29 is 14.2 Å². The van der Waals surface area contributed by atoms with Crippen LogP contribution in [0.25, 0.3) is 0 Å². The molecule has 120 valence electrons. The highest BCUT2D eigenvalue weighted by molar-refractivity contribution is 5.68. The molecule has 0 fully saturated rings. The highest BCUT2D eigenvalue weighted by atomic mass is 19.1. The number of benzene rings is 1. The summed E-state index contributed by atoms with van der Waals surface area (Å²) >= 11 is 0. The lowest BCUT2D eigenvalue weighted by atomic mass is 10.00. The first-order chi connectivity index (χ1) is 10.1. The highest BCUT2D eigenvalue weighted by Crippen LogP contribution is 2.29. The average molecular weight is 298 g/mol. The molecule has 1 rings (SSSR count). The Kier molecular flexibility index (Phi) is 7.90. The number of nitrogens with one attached hydrogen (secondary N) is 1. The van der Waals surface area contributed by atoms with E-state index in [1.165, 1.54) is 6.07 Å². The van der Waals surface area contributed by atoms with Gasteiger partial charge in [0.05, 0.1) is 18.0 Å². The first kappa shape index (κ1) is 17.6. The highest BCUT2D eigenvalue weighted by Gasteiger charge is 2.11. The van der Waals surface area contributed by atoms with Gasteiger partial charge in [-0.25, -0.2) is 4.39 Å². The Labute approximate surface area is 126 Å². The monoisotopic (exact) mass is 298 g/mol.